The van der Waals surface area contributed by atoms with Gasteiger partial charge >= 0.3 is 5.97 Å². The molecule has 0 aliphatic carbocycles. The predicted molar refractivity (Wildman–Crippen MR) is 65.3 cm³/mol. The summed E-state index contributed by atoms with van der Waals surface area (Å²) in [6.45, 7) is 0.0660. The molecule has 0 spiro atoms. The number of esters is 1. The number of sulfonamides is 1. The Hall–Kier alpha value is -1.73. The van der Waals surface area contributed by atoms with E-state index in [4.69, 9.17) is 0 Å². The zero-order chi connectivity index (χ0) is 14.0. The van der Waals surface area contributed by atoms with Crippen LogP contribution in [-0.2, 0) is 19.6 Å². The van der Waals surface area contributed by atoms with Gasteiger partial charge in [-0.1, -0.05) is 6.08 Å². The normalized spacial score (nSPS) is 16.2. The van der Waals surface area contributed by atoms with Crippen LogP contribution in [0.2, 0.25) is 0 Å². The van der Waals surface area contributed by atoms with E-state index < -0.39 is 21.8 Å². The molecule has 0 saturated heterocycles. The molecule has 102 valence electrons. The van der Waals surface area contributed by atoms with Crippen LogP contribution in [-0.4, -0.2) is 38.9 Å². The summed E-state index contributed by atoms with van der Waals surface area (Å²) in [5.41, 5.74) is 0.299. The Kier molecular flexibility index (Phi) is 3.68. The molecule has 19 heavy (non-hydrogen) atoms. The molecular formula is C12H12FNO4S. The third kappa shape index (κ3) is 2.66. The molecule has 1 heterocycles. The number of carbonyl (C=O) groups is 1. The highest BCUT2D eigenvalue weighted by atomic mass is 32.2. The van der Waals surface area contributed by atoms with Gasteiger partial charge in [-0.15, -0.1) is 0 Å². The van der Waals surface area contributed by atoms with Crippen LogP contribution in [0.15, 0.2) is 40.8 Å². The lowest BCUT2D eigenvalue weighted by Crippen LogP contribution is -2.30. The maximum absolute atomic E-state index is 12.8. The first-order valence-corrected chi connectivity index (χ1v) is 6.92. The molecule has 1 aromatic carbocycles. The third-order valence-electron chi connectivity index (χ3n) is 2.79. The van der Waals surface area contributed by atoms with Crippen LogP contribution in [0, 0.1) is 5.82 Å². The van der Waals surface area contributed by atoms with Crippen LogP contribution in [0.3, 0.4) is 0 Å². The summed E-state index contributed by atoms with van der Waals surface area (Å²) in [7, 11) is -2.49. The number of carbonyl (C=O) groups excluding carboxylic acids is 1. The van der Waals surface area contributed by atoms with E-state index in [0.29, 0.717) is 5.57 Å². The van der Waals surface area contributed by atoms with Gasteiger partial charge in [0.15, 0.2) is 0 Å². The number of methoxy groups -OCH3 is 1. The van der Waals surface area contributed by atoms with E-state index in [9.17, 15) is 17.6 Å². The van der Waals surface area contributed by atoms with Gasteiger partial charge in [0, 0.05) is 18.7 Å². The smallest absolute Gasteiger partial charge is 0.334 e. The van der Waals surface area contributed by atoms with Gasteiger partial charge in [0.1, 0.15) is 5.82 Å². The van der Waals surface area contributed by atoms with E-state index in [1.54, 1.807) is 0 Å². The Balaban J connectivity index is 2.20. The Bertz CT molecular complexity index is 622. The largest absolute Gasteiger partial charge is 0.466 e. The minimum Gasteiger partial charge on any atom is -0.466 e. The number of rotatable bonds is 3. The molecular weight excluding hydrogens is 273 g/mol. The monoisotopic (exact) mass is 285 g/mol. The first-order valence-electron chi connectivity index (χ1n) is 5.48. The second kappa shape index (κ2) is 5.10. The molecule has 0 fully saturated rings. The van der Waals surface area contributed by atoms with Crippen LogP contribution in [0.4, 0.5) is 4.39 Å². The highest BCUT2D eigenvalue weighted by molar-refractivity contribution is 7.89. The topological polar surface area (TPSA) is 63.7 Å². The maximum Gasteiger partial charge on any atom is 0.334 e. The van der Waals surface area contributed by atoms with Gasteiger partial charge in [-0.25, -0.2) is 17.6 Å². The molecule has 2 rings (SSSR count). The average Bonchev–Trinajstić information content (AvgIpc) is 2.88. The summed E-state index contributed by atoms with van der Waals surface area (Å²) in [4.78, 5) is 11.3. The van der Waals surface area contributed by atoms with Crippen molar-refractivity contribution in [2.45, 2.75) is 4.90 Å². The SMILES string of the molecule is COC(=O)C1=CCN(S(=O)(=O)c2ccc(F)cc2)C1. The Morgan fingerprint density at radius 1 is 1.32 bits per heavy atom. The number of benzene rings is 1. The fourth-order valence-corrected chi connectivity index (χ4v) is 3.11. The van der Waals surface area contributed by atoms with Gasteiger partial charge in [0.05, 0.1) is 12.0 Å². The zero-order valence-electron chi connectivity index (χ0n) is 10.2. The molecule has 1 aromatic rings. The second-order valence-electron chi connectivity index (χ2n) is 3.97. The van der Waals surface area contributed by atoms with E-state index in [1.807, 2.05) is 0 Å². The number of ether oxygens (including phenoxy) is 1. The lowest BCUT2D eigenvalue weighted by Gasteiger charge is -2.16. The standard InChI is InChI=1S/C12H12FNO4S/c1-18-12(15)9-6-7-14(8-9)19(16,17)11-4-2-10(13)3-5-11/h2-6H,7-8H2,1H3. The van der Waals surface area contributed by atoms with Crippen molar-refractivity contribution in [3.8, 4) is 0 Å². The molecule has 1 aliphatic rings. The zero-order valence-corrected chi connectivity index (χ0v) is 11.0. The average molecular weight is 285 g/mol. The van der Waals surface area contributed by atoms with E-state index in [0.717, 1.165) is 16.4 Å². The molecule has 1 aliphatic heterocycles. The van der Waals surface area contributed by atoms with Gasteiger partial charge in [0.2, 0.25) is 10.0 Å². The molecule has 5 nitrogen and oxygen atoms in total. The Morgan fingerprint density at radius 3 is 2.53 bits per heavy atom. The highest BCUT2D eigenvalue weighted by Crippen LogP contribution is 2.21. The quantitative estimate of drug-likeness (QED) is 0.775. The van der Waals surface area contributed by atoms with Gasteiger partial charge in [-0.3, -0.25) is 0 Å². The van der Waals surface area contributed by atoms with Crippen molar-refractivity contribution in [1.29, 1.82) is 0 Å². The minimum absolute atomic E-state index is 0.00610. The predicted octanol–water partition coefficient (Wildman–Crippen LogP) is 0.929. The van der Waals surface area contributed by atoms with E-state index in [2.05, 4.69) is 4.74 Å². The highest BCUT2D eigenvalue weighted by Gasteiger charge is 2.30. The van der Waals surface area contributed by atoms with Crippen molar-refractivity contribution in [2.75, 3.05) is 20.2 Å². The summed E-state index contributed by atoms with van der Waals surface area (Å²) >= 11 is 0. The van der Waals surface area contributed by atoms with Gasteiger partial charge in [-0.05, 0) is 24.3 Å². The van der Waals surface area contributed by atoms with Crippen molar-refractivity contribution in [1.82, 2.24) is 4.31 Å². The molecule has 0 atom stereocenters. The summed E-state index contributed by atoms with van der Waals surface area (Å²) in [5, 5.41) is 0. The van der Waals surface area contributed by atoms with Crippen molar-refractivity contribution < 1.29 is 22.3 Å². The Labute approximate surface area is 110 Å². The molecule has 0 aromatic heterocycles. The van der Waals surface area contributed by atoms with Crippen molar-refractivity contribution in [3.05, 3.63) is 41.7 Å². The van der Waals surface area contributed by atoms with E-state index in [-0.39, 0.29) is 18.0 Å². The summed E-state index contributed by atoms with van der Waals surface area (Å²) < 4.78 is 42.9. The van der Waals surface area contributed by atoms with Crippen LogP contribution < -0.4 is 0 Å². The molecule has 0 N–H and O–H groups in total. The summed E-state index contributed by atoms with van der Waals surface area (Å²) in [5.74, 6) is -1.05. The van der Waals surface area contributed by atoms with E-state index >= 15 is 0 Å². The molecule has 0 radical (unpaired) electrons. The van der Waals surface area contributed by atoms with Gasteiger partial charge < -0.3 is 4.74 Å². The molecule has 0 bridgehead atoms. The molecule has 7 heteroatoms. The number of halogens is 1. The van der Waals surface area contributed by atoms with Crippen LogP contribution in [0.5, 0.6) is 0 Å². The fraction of sp³-hybridized carbons (Fsp3) is 0.250. The maximum atomic E-state index is 12.8. The molecule has 0 saturated carbocycles. The summed E-state index contributed by atoms with van der Waals surface area (Å²) in [6.07, 6.45) is 1.51. The number of nitrogens with zero attached hydrogens (tertiary/aromatic N) is 1. The van der Waals surface area contributed by atoms with Gasteiger partial charge in [0.25, 0.3) is 0 Å². The van der Waals surface area contributed by atoms with Crippen LogP contribution in [0.25, 0.3) is 0 Å². The first kappa shape index (κ1) is 13.7. The lowest BCUT2D eigenvalue weighted by atomic mass is 10.3. The lowest BCUT2D eigenvalue weighted by molar-refractivity contribution is -0.136. The van der Waals surface area contributed by atoms with Crippen molar-refractivity contribution >= 4 is 16.0 Å². The first-order chi connectivity index (χ1) is 8.95. The number of hydrogen-bond acceptors (Lipinski definition) is 4. The number of hydrogen-bond donors (Lipinski definition) is 0. The second-order valence-corrected chi connectivity index (χ2v) is 5.91. The van der Waals surface area contributed by atoms with Crippen LogP contribution in [0.1, 0.15) is 0 Å². The Morgan fingerprint density at radius 2 is 1.95 bits per heavy atom. The fourth-order valence-electron chi connectivity index (χ4n) is 1.75. The molecule has 0 unspecified atom stereocenters. The van der Waals surface area contributed by atoms with Crippen molar-refractivity contribution in [3.63, 3.8) is 0 Å². The third-order valence-corrected chi connectivity index (χ3v) is 4.61. The minimum atomic E-state index is -3.72. The summed E-state index contributed by atoms with van der Waals surface area (Å²) in [6, 6.07) is 4.55. The van der Waals surface area contributed by atoms with E-state index in [1.165, 1.54) is 25.3 Å². The van der Waals surface area contributed by atoms with Crippen molar-refractivity contribution in [2.24, 2.45) is 0 Å². The van der Waals surface area contributed by atoms with Crippen LogP contribution >= 0.6 is 0 Å². The van der Waals surface area contributed by atoms with Gasteiger partial charge in [-0.2, -0.15) is 4.31 Å². The molecule has 0 amide bonds.